The van der Waals surface area contributed by atoms with E-state index in [4.69, 9.17) is 4.74 Å². The minimum absolute atomic E-state index is 0.0182. The fourth-order valence-electron chi connectivity index (χ4n) is 3.46. The van der Waals surface area contributed by atoms with E-state index >= 15 is 0 Å². The highest BCUT2D eigenvalue weighted by Crippen LogP contribution is 2.24. The number of anilines is 1. The zero-order valence-electron chi connectivity index (χ0n) is 15.4. The molecule has 26 heavy (non-hydrogen) atoms. The molecule has 7 heteroatoms. The first-order valence-electron chi connectivity index (χ1n) is 8.93. The Morgan fingerprint density at radius 3 is 3.00 bits per heavy atom. The molecule has 1 unspecified atom stereocenters. The molecule has 136 valence electrons. The van der Waals surface area contributed by atoms with E-state index in [9.17, 15) is 0 Å². The van der Waals surface area contributed by atoms with Gasteiger partial charge in [0.25, 0.3) is 0 Å². The monoisotopic (exact) mass is 352 g/mol. The normalized spacial score (nSPS) is 18.3. The highest BCUT2D eigenvalue weighted by atomic mass is 16.5. The first kappa shape index (κ1) is 16.9. The van der Waals surface area contributed by atoms with Crippen molar-refractivity contribution in [2.75, 3.05) is 32.1 Å². The summed E-state index contributed by atoms with van der Waals surface area (Å²) < 4.78 is 7.89. The van der Waals surface area contributed by atoms with Gasteiger partial charge in [-0.05, 0) is 32.0 Å². The lowest BCUT2D eigenvalue weighted by Crippen LogP contribution is -2.38. The molecule has 4 heterocycles. The molecular weight excluding hydrogens is 328 g/mol. The third-order valence-electron chi connectivity index (χ3n) is 4.75. The number of pyridine rings is 1. The summed E-state index contributed by atoms with van der Waals surface area (Å²) in [6, 6.07) is 8.05. The molecule has 1 aliphatic heterocycles. The third kappa shape index (κ3) is 3.27. The van der Waals surface area contributed by atoms with Crippen LogP contribution in [0.1, 0.15) is 28.7 Å². The van der Waals surface area contributed by atoms with Gasteiger partial charge in [0.2, 0.25) is 0 Å². The van der Waals surface area contributed by atoms with Gasteiger partial charge in [0.05, 0.1) is 18.5 Å². The molecule has 3 aromatic rings. The maximum Gasteiger partial charge on any atom is 0.159 e. The summed E-state index contributed by atoms with van der Waals surface area (Å²) in [7, 11) is 1.88. The van der Waals surface area contributed by atoms with E-state index in [-0.39, 0.29) is 6.10 Å². The van der Waals surface area contributed by atoms with Gasteiger partial charge >= 0.3 is 0 Å². The lowest BCUT2D eigenvalue weighted by Gasteiger charge is -2.32. The molecular formula is C19H24N6O. The molecule has 1 N–H and O–H groups in total. The molecule has 1 atom stereocenters. The number of nitrogens with one attached hydrogen (secondary N) is 1. The van der Waals surface area contributed by atoms with Crippen molar-refractivity contribution in [1.82, 2.24) is 24.5 Å². The second-order valence-corrected chi connectivity index (χ2v) is 6.74. The number of fused-ring (bicyclic) bond motifs is 1. The van der Waals surface area contributed by atoms with Gasteiger partial charge < -0.3 is 10.1 Å². The van der Waals surface area contributed by atoms with Gasteiger partial charge in [0, 0.05) is 43.6 Å². The van der Waals surface area contributed by atoms with Crippen molar-refractivity contribution in [2.45, 2.75) is 26.5 Å². The molecule has 0 saturated carbocycles. The molecule has 0 spiro atoms. The maximum absolute atomic E-state index is 5.97. The van der Waals surface area contributed by atoms with Crippen molar-refractivity contribution in [2.24, 2.45) is 0 Å². The average Bonchev–Trinajstić information content (AvgIpc) is 3.05. The first-order valence-corrected chi connectivity index (χ1v) is 8.93. The number of morpholine rings is 1. The first-order chi connectivity index (χ1) is 12.6. The highest BCUT2D eigenvalue weighted by molar-refractivity contribution is 5.47. The second kappa shape index (κ2) is 7.01. The Morgan fingerprint density at radius 2 is 2.15 bits per heavy atom. The van der Waals surface area contributed by atoms with Crippen LogP contribution in [0.5, 0.6) is 0 Å². The van der Waals surface area contributed by atoms with Gasteiger partial charge in [-0.3, -0.25) is 4.90 Å². The highest BCUT2D eigenvalue weighted by Gasteiger charge is 2.24. The average molecular weight is 352 g/mol. The van der Waals surface area contributed by atoms with Crippen molar-refractivity contribution in [3.8, 4) is 0 Å². The summed E-state index contributed by atoms with van der Waals surface area (Å²) in [4.78, 5) is 11.7. The summed E-state index contributed by atoms with van der Waals surface area (Å²) in [5.41, 5.74) is 5.18. The topological polar surface area (TPSA) is 67.6 Å². The number of rotatable bonds is 4. The van der Waals surface area contributed by atoms with Crippen molar-refractivity contribution >= 4 is 11.5 Å². The van der Waals surface area contributed by atoms with Crippen molar-refractivity contribution in [3.05, 3.63) is 53.1 Å². The molecule has 1 aliphatic rings. The molecule has 7 nitrogen and oxygen atoms in total. The Balaban J connectivity index is 1.54. The van der Waals surface area contributed by atoms with Crippen LogP contribution in [0.4, 0.5) is 5.82 Å². The standard InChI is InChI=1S/C19H24N6O/c1-13-9-14(2)25-19(22-13)15(10-21-25)11-24-7-8-26-17(12-24)16-5-4-6-18(20-3)23-16/h4-6,9-10,17H,7-8,11-12H2,1-3H3,(H,20,23). The van der Waals surface area contributed by atoms with E-state index in [0.717, 1.165) is 53.7 Å². The predicted octanol–water partition coefficient (Wildman–Crippen LogP) is 2.36. The number of ether oxygens (including phenoxy) is 1. The van der Waals surface area contributed by atoms with E-state index in [1.807, 2.05) is 42.9 Å². The van der Waals surface area contributed by atoms with Gasteiger partial charge in [-0.15, -0.1) is 0 Å². The van der Waals surface area contributed by atoms with E-state index < -0.39 is 0 Å². The number of hydrogen-bond donors (Lipinski definition) is 1. The number of nitrogens with zero attached hydrogens (tertiary/aromatic N) is 5. The van der Waals surface area contributed by atoms with Crippen LogP contribution in [0.25, 0.3) is 5.65 Å². The minimum atomic E-state index is -0.0182. The summed E-state index contributed by atoms with van der Waals surface area (Å²) in [5, 5.41) is 7.59. The van der Waals surface area contributed by atoms with Gasteiger partial charge in [0.15, 0.2) is 5.65 Å². The van der Waals surface area contributed by atoms with Crippen molar-refractivity contribution < 1.29 is 4.74 Å². The Hall–Kier alpha value is -2.51. The van der Waals surface area contributed by atoms with Crippen LogP contribution in [0.2, 0.25) is 0 Å². The molecule has 1 saturated heterocycles. The van der Waals surface area contributed by atoms with E-state index in [2.05, 4.69) is 38.3 Å². The number of hydrogen-bond acceptors (Lipinski definition) is 6. The van der Waals surface area contributed by atoms with Crippen LogP contribution in [-0.4, -0.2) is 51.2 Å². The van der Waals surface area contributed by atoms with Crippen molar-refractivity contribution in [3.63, 3.8) is 0 Å². The molecule has 3 aromatic heterocycles. The molecule has 0 aromatic carbocycles. The van der Waals surface area contributed by atoms with Crippen molar-refractivity contribution in [1.29, 1.82) is 0 Å². The SMILES string of the molecule is CNc1cccc(C2CN(Cc3cnn4c(C)cc(C)nc34)CCO2)n1. The van der Waals surface area contributed by atoms with Crippen LogP contribution in [0.3, 0.4) is 0 Å². The molecule has 0 aliphatic carbocycles. The van der Waals surface area contributed by atoms with Gasteiger partial charge in [0.1, 0.15) is 11.9 Å². The smallest absolute Gasteiger partial charge is 0.159 e. The third-order valence-corrected chi connectivity index (χ3v) is 4.75. The Bertz CT molecular complexity index is 922. The fraction of sp³-hybridized carbons (Fsp3) is 0.421. The quantitative estimate of drug-likeness (QED) is 0.777. The summed E-state index contributed by atoms with van der Waals surface area (Å²) in [6.45, 7) is 7.29. The lowest BCUT2D eigenvalue weighted by atomic mass is 10.1. The zero-order valence-corrected chi connectivity index (χ0v) is 15.4. The van der Waals surface area contributed by atoms with Crippen LogP contribution in [0, 0.1) is 13.8 Å². The Kier molecular flexibility index (Phi) is 4.57. The Morgan fingerprint density at radius 1 is 1.27 bits per heavy atom. The second-order valence-electron chi connectivity index (χ2n) is 6.74. The van der Waals surface area contributed by atoms with Crippen LogP contribution >= 0.6 is 0 Å². The fourth-order valence-corrected chi connectivity index (χ4v) is 3.46. The molecule has 4 rings (SSSR count). The maximum atomic E-state index is 5.97. The largest absolute Gasteiger partial charge is 0.373 e. The van der Waals surface area contributed by atoms with Gasteiger partial charge in [-0.25, -0.2) is 14.5 Å². The van der Waals surface area contributed by atoms with Crippen LogP contribution in [0.15, 0.2) is 30.5 Å². The predicted molar refractivity (Wildman–Crippen MR) is 100 cm³/mol. The number of aryl methyl sites for hydroxylation is 2. The summed E-state index contributed by atoms with van der Waals surface area (Å²) >= 11 is 0. The van der Waals surface area contributed by atoms with E-state index in [0.29, 0.717) is 6.61 Å². The molecule has 0 radical (unpaired) electrons. The van der Waals surface area contributed by atoms with E-state index in [1.165, 1.54) is 0 Å². The van der Waals surface area contributed by atoms with Gasteiger partial charge in [-0.1, -0.05) is 6.07 Å². The zero-order chi connectivity index (χ0) is 18.1. The summed E-state index contributed by atoms with van der Waals surface area (Å²) in [6.07, 6.45) is 1.91. The lowest BCUT2D eigenvalue weighted by molar-refractivity contribution is -0.0348. The van der Waals surface area contributed by atoms with Crippen LogP contribution in [-0.2, 0) is 11.3 Å². The van der Waals surface area contributed by atoms with Gasteiger partial charge in [-0.2, -0.15) is 5.10 Å². The number of aromatic nitrogens is 4. The van der Waals surface area contributed by atoms with Crippen LogP contribution < -0.4 is 5.32 Å². The summed E-state index contributed by atoms with van der Waals surface area (Å²) in [5.74, 6) is 0.862. The minimum Gasteiger partial charge on any atom is -0.373 e. The Labute approximate surface area is 153 Å². The van der Waals surface area contributed by atoms with E-state index in [1.54, 1.807) is 0 Å². The molecule has 0 amide bonds. The molecule has 0 bridgehead atoms. The molecule has 1 fully saturated rings.